The van der Waals surface area contributed by atoms with Gasteiger partial charge < -0.3 is 4.90 Å². The van der Waals surface area contributed by atoms with Gasteiger partial charge in [-0.15, -0.1) is 0 Å². The van der Waals surface area contributed by atoms with E-state index in [1.807, 2.05) is 7.05 Å². The number of rotatable bonds is 2. The second-order valence-electron chi connectivity index (χ2n) is 5.60. The summed E-state index contributed by atoms with van der Waals surface area (Å²) in [6.07, 6.45) is 0.208. The second-order valence-corrected chi connectivity index (χ2v) is 5.60. The summed E-state index contributed by atoms with van der Waals surface area (Å²) < 4.78 is 13.0. The Morgan fingerprint density at radius 3 is 2.29 bits per heavy atom. The normalized spacial score (nSPS) is 24.9. The minimum Gasteiger partial charge on any atom is -0.304 e. The fraction of sp³-hybridized carbons (Fsp3) is 0.467. The fourth-order valence-corrected chi connectivity index (χ4v) is 2.90. The molecule has 2 aliphatic rings. The number of carbonyl (C=O) groups excluding carboxylic acids is 2. The first-order valence-corrected chi connectivity index (χ1v) is 7.11. The highest BCUT2D eigenvalue weighted by Crippen LogP contribution is 2.26. The summed E-state index contributed by atoms with van der Waals surface area (Å²) in [5, 5.41) is 0. The lowest BCUT2D eigenvalue weighted by Gasteiger charge is -2.35. The van der Waals surface area contributed by atoms with Gasteiger partial charge in [0.2, 0.25) is 5.91 Å². The molecule has 5 nitrogen and oxygen atoms in total. The number of halogens is 1. The molecule has 6 heteroatoms. The lowest BCUT2D eigenvalue weighted by atomic mass is 10.2. The number of likely N-dealkylation sites (N-methyl/N-ethyl adjacent to an activating group) is 1. The van der Waals surface area contributed by atoms with E-state index in [1.54, 1.807) is 0 Å². The van der Waals surface area contributed by atoms with Crippen LogP contribution in [0, 0.1) is 5.82 Å². The van der Waals surface area contributed by atoms with Gasteiger partial charge in [0, 0.05) is 26.2 Å². The Labute approximate surface area is 122 Å². The Kier molecular flexibility index (Phi) is 3.73. The minimum absolute atomic E-state index is 0.198. The number of amides is 2. The Morgan fingerprint density at radius 2 is 1.67 bits per heavy atom. The maximum Gasteiger partial charge on any atom is 0.251 e. The van der Waals surface area contributed by atoms with E-state index in [1.165, 1.54) is 29.2 Å². The van der Waals surface area contributed by atoms with Crippen LogP contribution in [0.5, 0.6) is 0 Å². The molecule has 2 fully saturated rings. The van der Waals surface area contributed by atoms with E-state index < -0.39 is 0 Å². The highest BCUT2D eigenvalue weighted by atomic mass is 19.1. The molecule has 21 heavy (non-hydrogen) atoms. The maximum atomic E-state index is 13.0. The zero-order chi connectivity index (χ0) is 15.0. The van der Waals surface area contributed by atoms with E-state index in [9.17, 15) is 14.0 Å². The molecule has 1 aromatic carbocycles. The molecule has 2 saturated heterocycles. The van der Waals surface area contributed by atoms with Gasteiger partial charge in [-0.05, 0) is 31.3 Å². The molecule has 0 spiro atoms. The van der Waals surface area contributed by atoms with Crippen molar-refractivity contribution in [3.63, 3.8) is 0 Å². The Morgan fingerprint density at radius 1 is 1.05 bits per heavy atom. The molecule has 0 radical (unpaired) electrons. The van der Waals surface area contributed by atoms with E-state index in [-0.39, 0.29) is 30.1 Å². The fourth-order valence-electron chi connectivity index (χ4n) is 2.90. The van der Waals surface area contributed by atoms with Gasteiger partial charge >= 0.3 is 0 Å². The van der Waals surface area contributed by atoms with Crippen LogP contribution in [0.15, 0.2) is 24.3 Å². The summed E-state index contributed by atoms with van der Waals surface area (Å²) >= 11 is 0. The number of carbonyl (C=O) groups is 2. The Bertz CT molecular complexity index is 553. The van der Waals surface area contributed by atoms with Crippen LogP contribution in [-0.2, 0) is 9.59 Å². The van der Waals surface area contributed by atoms with Crippen molar-refractivity contribution in [1.29, 1.82) is 0 Å². The van der Waals surface area contributed by atoms with Crippen LogP contribution in [0.1, 0.15) is 6.42 Å². The van der Waals surface area contributed by atoms with Crippen LogP contribution >= 0.6 is 0 Å². The largest absolute Gasteiger partial charge is 0.304 e. The second kappa shape index (κ2) is 5.54. The third-order valence-electron chi connectivity index (χ3n) is 4.19. The molecule has 0 aromatic heterocycles. The summed E-state index contributed by atoms with van der Waals surface area (Å²) in [6, 6.07) is 5.09. The van der Waals surface area contributed by atoms with Crippen molar-refractivity contribution >= 4 is 17.5 Å². The number of hydrogen-bond acceptors (Lipinski definition) is 4. The Hall–Kier alpha value is -1.79. The molecular formula is C15H18FN3O2. The third kappa shape index (κ3) is 2.69. The SMILES string of the molecule is CN1CCN([C@H]2CC(=O)N(c3ccc(F)cc3)C2=O)CC1. The average Bonchev–Trinajstić information content (AvgIpc) is 2.76. The number of nitrogens with zero attached hydrogens (tertiary/aromatic N) is 3. The average molecular weight is 291 g/mol. The van der Waals surface area contributed by atoms with Crippen molar-refractivity contribution in [2.24, 2.45) is 0 Å². The molecule has 2 amide bonds. The topological polar surface area (TPSA) is 43.9 Å². The number of benzene rings is 1. The van der Waals surface area contributed by atoms with Crippen LogP contribution in [0.25, 0.3) is 0 Å². The van der Waals surface area contributed by atoms with Gasteiger partial charge in [0.15, 0.2) is 0 Å². The summed E-state index contributed by atoms with van der Waals surface area (Å²) in [5.41, 5.74) is 0.447. The lowest BCUT2D eigenvalue weighted by molar-refractivity contribution is -0.123. The quantitative estimate of drug-likeness (QED) is 0.753. The molecule has 3 rings (SSSR count). The molecule has 0 unspecified atom stereocenters. The van der Waals surface area contributed by atoms with Gasteiger partial charge in [0.25, 0.3) is 5.91 Å². The van der Waals surface area contributed by atoms with E-state index in [0.717, 1.165) is 26.2 Å². The van der Waals surface area contributed by atoms with E-state index in [0.29, 0.717) is 5.69 Å². The summed E-state index contributed by atoms with van der Waals surface area (Å²) in [5.74, 6) is -0.792. The standard InChI is InChI=1S/C15H18FN3O2/c1-17-6-8-18(9-7-17)13-10-14(20)19(15(13)21)12-4-2-11(16)3-5-12/h2-5,13H,6-10H2,1H3/t13-/m0/s1. The summed E-state index contributed by atoms with van der Waals surface area (Å²) in [4.78, 5) is 30.2. The van der Waals surface area contributed by atoms with Crippen molar-refractivity contribution in [2.45, 2.75) is 12.5 Å². The Balaban J connectivity index is 1.77. The van der Waals surface area contributed by atoms with Crippen molar-refractivity contribution < 1.29 is 14.0 Å². The predicted octanol–water partition coefficient (Wildman–Crippen LogP) is 0.705. The van der Waals surface area contributed by atoms with Gasteiger partial charge in [-0.25, -0.2) is 9.29 Å². The van der Waals surface area contributed by atoms with Crippen LogP contribution in [0.4, 0.5) is 10.1 Å². The zero-order valence-electron chi connectivity index (χ0n) is 12.0. The van der Waals surface area contributed by atoms with E-state index in [4.69, 9.17) is 0 Å². The van der Waals surface area contributed by atoms with E-state index >= 15 is 0 Å². The van der Waals surface area contributed by atoms with Gasteiger partial charge in [0.1, 0.15) is 5.82 Å². The monoisotopic (exact) mass is 291 g/mol. The number of piperazine rings is 1. The highest BCUT2D eigenvalue weighted by Gasteiger charge is 2.43. The number of imide groups is 1. The first-order chi connectivity index (χ1) is 10.1. The maximum absolute atomic E-state index is 13.0. The molecule has 2 aliphatic heterocycles. The first-order valence-electron chi connectivity index (χ1n) is 7.11. The van der Waals surface area contributed by atoms with Crippen molar-refractivity contribution in [2.75, 3.05) is 38.1 Å². The van der Waals surface area contributed by atoms with Crippen LogP contribution in [0.3, 0.4) is 0 Å². The van der Waals surface area contributed by atoms with Gasteiger partial charge in [0.05, 0.1) is 18.2 Å². The predicted molar refractivity (Wildman–Crippen MR) is 76.4 cm³/mol. The molecule has 0 N–H and O–H groups in total. The van der Waals surface area contributed by atoms with Gasteiger partial charge in [-0.2, -0.15) is 0 Å². The van der Waals surface area contributed by atoms with Crippen LogP contribution < -0.4 is 4.90 Å². The smallest absolute Gasteiger partial charge is 0.251 e. The molecule has 1 aromatic rings. The van der Waals surface area contributed by atoms with Crippen molar-refractivity contribution in [1.82, 2.24) is 9.80 Å². The minimum atomic E-state index is -0.381. The molecule has 0 bridgehead atoms. The summed E-state index contributed by atoms with van der Waals surface area (Å²) in [6.45, 7) is 3.37. The van der Waals surface area contributed by atoms with E-state index in [2.05, 4.69) is 9.80 Å². The number of hydrogen-bond donors (Lipinski definition) is 0. The van der Waals surface area contributed by atoms with Crippen LogP contribution in [0.2, 0.25) is 0 Å². The molecule has 2 heterocycles. The van der Waals surface area contributed by atoms with Gasteiger partial charge in [-0.3, -0.25) is 14.5 Å². The highest BCUT2D eigenvalue weighted by molar-refractivity contribution is 6.22. The zero-order valence-corrected chi connectivity index (χ0v) is 12.0. The third-order valence-corrected chi connectivity index (χ3v) is 4.19. The van der Waals surface area contributed by atoms with Crippen molar-refractivity contribution in [3.8, 4) is 0 Å². The molecule has 0 aliphatic carbocycles. The summed E-state index contributed by atoms with van der Waals surface area (Å²) in [7, 11) is 2.05. The molecular weight excluding hydrogens is 273 g/mol. The molecule has 1 atom stereocenters. The molecule has 112 valence electrons. The van der Waals surface area contributed by atoms with Crippen LogP contribution in [-0.4, -0.2) is 60.9 Å². The lowest BCUT2D eigenvalue weighted by Crippen LogP contribution is -2.51. The van der Waals surface area contributed by atoms with Gasteiger partial charge in [-0.1, -0.05) is 0 Å². The molecule has 0 saturated carbocycles. The first kappa shape index (κ1) is 14.2. The van der Waals surface area contributed by atoms with Crippen molar-refractivity contribution in [3.05, 3.63) is 30.1 Å². The number of anilines is 1.